The van der Waals surface area contributed by atoms with Crippen LogP contribution in [0.2, 0.25) is 0 Å². The summed E-state index contributed by atoms with van der Waals surface area (Å²) in [6, 6.07) is 9.50. The number of benzene rings is 1. The van der Waals surface area contributed by atoms with Crippen molar-refractivity contribution < 1.29 is 29.6 Å². The van der Waals surface area contributed by atoms with Gasteiger partial charge >= 0.3 is 0 Å². The molecule has 1 heterocycles. The molecule has 6 heteroatoms. The maximum absolute atomic E-state index is 15.3. The van der Waals surface area contributed by atoms with Crippen molar-refractivity contribution in [2.24, 2.45) is 22.2 Å². The molecule has 0 saturated heterocycles. The number of hydrogen-bond donors (Lipinski definition) is 3. The third kappa shape index (κ3) is 4.34. The number of fused-ring (bicyclic) bond motifs is 3. The summed E-state index contributed by atoms with van der Waals surface area (Å²) in [7, 11) is 0. The van der Waals surface area contributed by atoms with E-state index in [0.717, 1.165) is 11.1 Å². The minimum Gasteiger partial charge on any atom is -0.488 e. The normalized spacial score (nSPS) is 31.7. The number of ether oxygens (including phenoxy) is 1. The van der Waals surface area contributed by atoms with Gasteiger partial charge in [0.05, 0.1) is 23.2 Å². The Labute approximate surface area is 238 Å². The highest BCUT2D eigenvalue weighted by Crippen LogP contribution is 2.71. The van der Waals surface area contributed by atoms with Crippen LogP contribution in [0.1, 0.15) is 86.6 Å². The van der Waals surface area contributed by atoms with Crippen molar-refractivity contribution >= 4 is 17.1 Å². The molecule has 40 heavy (non-hydrogen) atoms. The number of allylic oxidation sites excluding steroid dienone is 3. The van der Waals surface area contributed by atoms with Crippen molar-refractivity contribution in [1.82, 2.24) is 0 Å². The van der Waals surface area contributed by atoms with Gasteiger partial charge in [-0.05, 0) is 83.3 Å². The monoisotopic (exact) mass is 550 g/mol. The summed E-state index contributed by atoms with van der Waals surface area (Å²) in [5.74, 6) is -0.635. The second-order valence-electron chi connectivity index (χ2n) is 14.1. The number of hydrogen-bond acceptors (Lipinski definition) is 6. The third-order valence-corrected chi connectivity index (χ3v) is 9.99. The van der Waals surface area contributed by atoms with Crippen LogP contribution in [0.5, 0.6) is 0 Å². The van der Waals surface area contributed by atoms with Gasteiger partial charge in [0.25, 0.3) is 0 Å². The van der Waals surface area contributed by atoms with Crippen molar-refractivity contribution in [3.63, 3.8) is 0 Å². The summed E-state index contributed by atoms with van der Waals surface area (Å²) in [4.78, 5) is 29.9. The fourth-order valence-corrected chi connectivity index (χ4v) is 7.15. The van der Waals surface area contributed by atoms with Crippen LogP contribution < -0.4 is 0 Å². The predicted molar refractivity (Wildman–Crippen MR) is 156 cm³/mol. The van der Waals surface area contributed by atoms with Gasteiger partial charge < -0.3 is 20.1 Å². The SMILES string of the molecule is C=C(c1ccccc1)[C@@]12C(=O)[C@@](C[C@H](O)C(C)(C)O)(C[C@@H](CC=C(C)C)C1(C)C)C(=O)C1=C2OC(C)(C)[C@H](O)C1. The molecular weight excluding hydrogens is 504 g/mol. The van der Waals surface area contributed by atoms with E-state index < -0.39 is 45.4 Å². The average Bonchev–Trinajstić information content (AvgIpc) is 2.85. The molecule has 0 aromatic heterocycles. The summed E-state index contributed by atoms with van der Waals surface area (Å²) in [5.41, 5.74) is -3.66. The molecule has 1 aromatic rings. The zero-order valence-electron chi connectivity index (χ0n) is 25.3. The molecule has 5 atom stereocenters. The standard InChI is InChI=1S/C34H46O6/c1-20(2)15-16-23-18-33(19-26(36)31(6,7)39)27(37)24-17-25(35)32(8,9)40-28(24)34(29(33)38,30(23,4)5)21(3)22-13-11-10-12-14-22/h10-15,23,25-26,35-36,39H,3,16-19H2,1-2,4-9H3/t23-,25-,26+,33-,34-/m1/s1. The minimum atomic E-state index is -1.61. The molecule has 218 valence electrons. The van der Waals surface area contributed by atoms with E-state index in [2.05, 4.69) is 26.5 Å². The first-order chi connectivity index (χ1) is 18.3. The Kier molecular flexibility index (Phi) is 7.44. The van der Waals surface area contributed by atoms with Crippen LogP contribution in [-0.2, 0) is 14.3 Å². The molecule has 4 rings (SSSR count). The molecule has 1 aliphatic heterocycles. The number of Topliss-reactive ketones (excluding diaryl/α,β-unsaturated/α-hetero) is 2. The van der Waals surface area contributed by atoms with Crippen LogP contribution in [0.25, 0.3) is 5.57 Å². The average molecular weight is 551 g/mol. The number of carbonyl (C=O) groups is 2. The summed E-state index contributed by atoms with van der Waals surface area (Å²) in [6.45, 7) is 19.2. The molecule has 2 aliphatic carbocycles. The fraction of sp³-hybridized carbons (Fsp3) is 0.588. The first-order valence-corrected chi connectivity index (χ1v) is 14.3. The molecular formula is C34H46O6. The van der Waals surface area contributed by atoms with Crippen LogP contribution in [0.4, 0.5) is 0 Å². The smallest absolute Gasteiger partial charge is 0.176 e. The molecule has 2 bridgehead atoms. The Bertz CT molecular complexity index is 1270. The Balaban J connectivity index is 2.12. The van der Waals surface area contributed by atoms with E-state index in [4.69, 9.17) is 4.74 Å². The Hall–Kier alpha value is -2.54. The van der Waals surface area contributed by atoms with Gasteiger partial charge in [0.2, 0.25) is 0 Å². The van der Waals surface area contributed by atoms with Gasteiger partial charge in [0.15, 0.2) is 11.6 Å². The molecule has 1 fully saturated rings. The summed E-state index contributed by atoms with van der Waals surface area (Å²) >= 11 is 0. The lowest BCUT2D eigenvalue weighted by atomic mass is 9.38. The molecule has 0 unspecified atom stereocenters. The zero-order chi connectivity index (χ0) is 30.1. The first-order valence-electron chi connectivity index (χ1n) is 14.3. The topological polar surface area (TPSA) is 104 Å². The first kappa shape index (κ1) is 30.4. The Morgan fingerprint density at radius 2 is 1.75 bits per heavy atom. The van der Waals surface area contributed by atoms with Crippen LogP contribution in [0.3, 0.4) is 0 Å². The van der Waals surface area contributed by atoms with Crippen LogP contribution in [0, 0.1) is 22.2 Å². The van der Waals surface area contributed by atoms with E-state index in [1.54, 1.807) is 13.8 Å². The molecule has 0 spiro atoms. The lowest BCUT2D eigenvalue weighted by Crippen LogP contribution is -2.69. The minimum absolute atomic E-state index is 0.0351. The molecule has 3 N–H and O–H groups in total. The molecule has 3 aliphatic rings. The van der Waals surface area contributed by atoms with E-state index in [0.29, 0.717) is 17.6 Å². The number of carbonyl (C=O) groups excluding carboxylic acids is 2. The summed E-state index contributed by atoms with van der Waals surface area (Å²) < 4.78 is 6.59. The van der Waals surface area contributed by atoms with Crippen LogP contribution in [0.15, 0.2) is 59.9 Å². The van der Waals surface area contributed by atoms with Gasteiger partial charge in [0.1, 0.15) is 16.8 Å². The maximum Gasteiger partial charge on any atom is 0.176 e. The van der Waals surface area contributed by atoms with Crippen molar-refractivity contribution in [1.29, 1.82) is 0 Å². The lowest BCUT2D eigenvalue weighted by Gasteiger charge is -2.64. The van der Waals surface area contributed by atoms with Crippen molar-refractivity contribution in [3.8, 4) is 0 Å². The van der Waals surface area contributed by atoms with Crippen LogP contribution >= 0.6 is 0 Å². The van der Waals surface area contributed by atoms with Crippen molar-refractivity contribution in [2.75, 3.05) is 0 Å². The van der Waals surface area contributed by atoms with E-state index in [1.807, 2.05) is 44.2 Å². The molecule has 0 amide bonds. The molecule has 1 saturated carbocycles. The Morgan fingerprint density at radius 3 is 2.30 bits per heavy atom. The lowest BCUT2D eigenvalue weighted by molar-refractivity contribution is -0.181. The quantitative estimate of drug-likeness (QED) is 0.303. The van der Waals surface area contributed by atoms with Gasteiger partial charge in [-0.1, -0.05) is 62.4 Å². The highest BCUT2D eigenvalue weighted by Gasteiger charge is 2.74. The number of ketones is 2. The molecule has 0 radical (unpaired) electrons. The highest BCUT2D eigenvalue weighted by atomic mass is 16.5. The van der Waals surface area contributed by atoms with E-state index >= 15 is 4.79 Å². The van der Waals surface area contributed by atoms with Crippen molar-refractivity contribution in [3.05, 3.63) is 65.5 Å². The van der Waals surface area contributed by atoms with Gasteiger partial charge in [-0.15, -0.1) is 0 Å². The largest absolute Gasteiger partial charge is 0.488 e. The Morgan fingerprint density at radius 1 is 1.15 bits per heavy atom. The number of aliphatic hydroxyl groups is 3. The number of rotatable bonds is 7. The summed E-state index contributed by atoms with van der Waals surface area (Å²) in [5, 5.41) is 33.0. The van der Waals surface area contributed by atoms with Gasteiger partial charge in [-0.2, -0.15) is 0 Å². The highest BCUT2D eigenvalue weighted by molar-refractivity contribution is 6.24. The summed E-state index contributed by atoms with van der Waals surface area (Å²) in [6.07, 6.45) is 0.479. The van der Waals surface area contributed by atoms with Crippen LogP contribution in [-0.4, -0.2) is 50.3 Å². The molecule has 6 nitrogen and oxygen atoms in total. The van der Waals surface area contributed by atoms with Gasteiger partial charge in [-0.25, -0.2) is 0 Å². The second-order valence-corrected chi connectivity index (χ2v) is 14.1. The van der Waals surface area contributed by atoms with Crippen molar-refractivity contribution in [2.45, 2.75) is 104 Å². The van der Waals surface area contributed by atoms with E-state index in [-0.39, 0.29) is 36.7 Å². The van der Waals surface area contributed by atoms with E-state index in [9.17, 15) is 20.1 Å². The molecule has 1 aromatic carbocycles. The fourth-order valence-electron chi connectivity index (χ4n) is 7.15. The predicted octanol–water partition coefficient (Wildman–Crippen LogP) is 5.56. The van der Waals surface area contributed by atoms with Gasteiger partial charge in [-0.3, -0.25) is 9.59 Å². The second kappa shape index (κ2) is 9.78. The number of aliphatic hydroxyl groups excluding tert-OH is 2. The maximum atomic E-state index is 15.3. The van der Waals surface area contributed by atoms with E-state index in [1.165, 1.54) is 13.8 Å². The van der Waals surface area contributed by atoms with Gasteiger partial charge in [0, 0.05) is 12.0 Å². The zero-order valence-corrected chi connectivity index (χ0v) is 25.3. The third-order valence-electron chi connectivity index (χ3n) is 9.99.